The van der Waals surface area contributed by atoms with Gasteiger partial charge in [0.25, 0.3) is 5.69 Å². The van der Waals surface area contributed by atoms with Crippen molar-refractivity contribution in [2.24, 2.45) is 11.7 Å². The van der Waals surface area contributed by atoms with Crippen LogP contribution in [0.15, 0.2) is 18.2 Å². The van der Waals surface area contributed by atoms with Crippen molar-refractivity contribution in [2.45, 2.75) is 38.0 Å². The average Bonchev–Trinajstić information content (AvgIpc) is 2.89. The summed E-state index contributed by atoms with van der Waals surface area (Å²) in [6.07, 6.45) is 5.21. The number of benzene rings is 1. The van der Waals surface area contributed by atoms with Crippen LogP contribution in [0.2, 0.25) is 5.02 Å². The standard InChI is InChI=1S/C14H17ClN2O3/c15-12-6-5-10(8-13(12)17(19)20)11(14(16)18)7-9-3-1-2-4-9/h5-6,8-9,11H,1-4,7H2,(H2,16,18). The molecule has 20 heavy (non-hydrogen) atoms. The molecular formula is C14H17ClN2O3. The van der Waals surface area contributed by atoms with Gasteiger partial charge in [-0.25, -0.2) is 0 Å². The van der Waals surface area contributed by atoms with Crippen LogP contribution < -0.4 is 5.73 Å². The summed E-state index contributed by atoms with van der Waals surface area (Å²) in [4.78, 5) is 22.0. The Morgan fingerprint density at radius 1 is 1.45 bits per heavy atom. The maximum absolute atomic E-state index is 11.7. The lowest BCUT2D eigenvalue weighted by molar-refractivity contribution is -0.384. The van der Waals surface area contributed by atoms with Crippen molar-refractivity contribution >= 4 is 23.2 Å². The molecule has 2 rings (SSSR count). The van der Waals surface area contributed by atoms with Gasteiger partial charge in [0.05, 0.1) is 10.8 Å². The molecule has 6 heteroatoms. The third-order valence-corrected chi connectivity index (χ3v) is 4.28. The fourth-order valence-corrected chi connectivity index (χ4v) is 3.07. The monoisotopic (exact) mass is 296 g/mol. The Hall–Kier alpha value is -1.62. The SMILES string of the molecule is NC(=O)C(CC1CCCC1)c1ccc(Cl)c([N+](=O)[O-])c1. The van der Waals surface area contributed by atoms with Crippen LogP contribution in [0.5, 0.6) is 0 Å². The van der Waals surface area contributed by atoms with Crippen molar-refractivity contribution in [3.05, 3.63) is 38.9 Å². The van der Waals surface area contributed by atoms with Gasteiger partial charge in [-0.1, -0.05) is 43.4 Å². The molecule has 5 nitrogen and oxygen atoms in total. The van der Waals surface area contributed by atoms with E-state index in [-0.39, 0.29) is 10.7 Å². The molecule has 1 aromatic carbocycles. The Morgan fingerprint density at radius 3 is 2.65 bits per heavy atom. The van der Waals surface area contributed by atoms with Crippen LogP contribution in [-0.2, 0) is 4.79 Å². The fraction of sp³-hybridized carbons (Fsp3) is 0.500. The summed E-state index contributed by atoms with van der Waals surface area (Å²) in [6, 6.07) is 4.48. The molecule has 0 saturated heterocycles. The van der Waals surface area contributed by atoms with E-state index in [0.717, 1.165) is 12.8 Å². The number of amides is 1. The smallest absolute Gasteiger partial charge is 0.288 e. The maximum atomic E-state index is 11.7. The Labute approximate surface area is 122 Å². The summed E-state index contributed by atoms with van der Waals surface area (Å²) < 4.78 is 0. The van der Waals surface area contributed by atoms with E-state index in [4.69, 9.17) is 17.3 Å². The lowest BCUT2D eigenvalue weighted by Gasteiger charge is -2.18. The van der Waals surface area contributed by atoms with Crippen molar-refractivity contribution in [1.29, 1.82) is 0 Å². The lowest BCUT2D eigenvalue weighted by atomic mass is 9.87. The van der Waals surface area contributed by atoms with Gasteiger partial charge in [0.1, 0.15) is 5.02 Å². The quantitative estimate of drug-likeness (QED) is 0.667. The highest BCUT2D eigenvalue weighted by Crippen LogP contribution is 2.36. The first-order chi connectivity index (χ1) is 9.49. The molecule has 0 heterocycles. The summed E-state index contributed by atoms with van der Waals surface area (Å²) in [7, 11) is 0. The summed E-state index contributed by atoms with van der Waals surface area (Å²) >= 11 is 5.79. The number of nitro benzene ring substituents is 1. The largest absolute Gasteiger partial charge is 0.369 e. The van der Waals surface area contributed by atoms with E-state index in [1.807, 2.05) is 0 Å². The Morgan fingerprint density at radius 2 is 2.10 bits per heavy atom. The molecule has 0 spiro atoms. The molecule has 1 aliphatic rings. The summed E-state index contributed by atoms with van der Waals surface area (Å²) in [6.45, 7) is 0. The molecule has 1 aromatic rings. The molecule has 0 bridgehead atoms. The van der Waals surface area contributed by atoms with Crippen LogP contribution in [0, 0.1) is 16.0 Å². The van der Waals surface area contributed by atoms with Crippen molar-refractivity contribution in [3.8, 4) is 0 Å². The minimum Gasteiger partial charge on any atom is -0.369 e. The molecule has 0 aromatic heterocycles. The third-order valence-electron chi connectivity index (χ3n) is 3.96. The Bertz CT molecular complexity index is 527. The van der Waals surface area contributed by atoms with E-state index in [1.54, 1.807) is 6.07 Å². The molecule has 1 atom stereocenters. The number of rotatable bonds is 5. The predicted octanol–water partition coefficient (Wildman–Crippen LogP) is 3.40. The highest BCUT2D eigenvalue weighted by atomic mass is 35.5. The van der Waals surface area contributed by atoms with Gasteiger partial charge in [-0.15, -0.1) is 0 Å². The fourth-order valence-electron chi connectivity index (χ4n) is 2.88. The second-order valence-corrected chi connectivity index (χ2v) is 5.72. The molecule has 108 valence electrons. The van der Waals surface area contributed by atoms with E-state index in [9.17, 15) is 14.9 Å². The maximum Gasteiger partial charge on any atom is 0.288 e. The van der Waals surface area contributed by atoms with Gasteiger partial charge in [-0.05, 0) is 24.0 Å². The zero-order chi connectivity index (χ0) is 14.7. The first-order valence-electron chi connectivity index (χ1n) is 6.72. The highest BCUT2D eigenvalue weighted by Gasteiger charge is 2.26. The number of nitro groups is 1. The molecule has 0 radical (unpaired) electrons. The van der Waals surface area contributed by atoms with Gasteiger partial charge in [-0.2, -0.15) is 0 Å². The van der Waals surface area contributed by atoms with E-state index in [1.165, 1.54) is 25.0 Å². The number of halogens is 1. The number of nitrogens with two attached hydrogens (primary N) is 1. The topological polar surface area (TPSA) is 86.2 Å². The lowest BCUT2D eigenvalue weighted by Crippen LogP contribution is -2.23. The third kappa shape index (κ3) is 3.28. The van der Waals surface area contributed by atoms with E-state index < -0.39 is 16.7 Å². The summed E-state index contributed by atoms with van der Waals surface area (Å²) in [5.41, 5.74) is 5.87. The van der Waals surface area contributed by atoms with Crippen LogP contribution in [0.1, 0.15) is 43.6 Å². The van der Waals surface area contributed by atoms with Crippen molar-refractivity contribution < 1.29 is 9.72 Å². The predicted molar refractivity (Wildman–Crippen MR) is 76.6 cm³/mol. The van der Waals surface area contributed by atoms with Crippen LogP contribution in [0.4, 0.5) is 5.69 Å². The van der Waals surface area contributed by atoms with Gasteiger partial charge < -0.3 is 5.73 Å². The minimum atomic E-state index is -0.542. The van der Waals surface area contributed by atoms with E-state index >= 15 is 0 Å². The molecule has 1 aliphatic carbocycles. The van der Waals surface area contributed by atoms with Crippen molar-refractivity contribution in [1.82, 2.24) is 0 Å². The van der Waals surface area contributed by atoms with Crippen molar-refractivity contribution in [2.75, 3.05) is 0 Å². The van der Waals surface area contributed by atoms with E-state index in [0.29, 0.717) is 17.9 Å². The van der Waals surface area contributed by atoms with Crippen LogP contribution >= 0.6 is 11.6 Å². The van der Waals surface area contributed by atoms with Crippen LogP contribution in [-0.4, -0.2) is 10.8 Å². The summed E-state index contributed by atoms with van der Waals surface area (Å²) in [5.74, 6) is -0.440. The molecule has 1 unspecified atom stereocenters. The second kappa shape index (κ2) is 6.22. The first-order valence-corrected chi connectivity index (χ1v) is 7.10. The van der Waals surface area contributed by atoms with Gasteiger partial charge in [0, 0.05) is 6.07 Å². The number of hydrogen-bond donors (Lipinski definition) is 1. The molecule has 1 amide bonds. The van der Waals surface area contributed by atoms with Gasteiger partial charge >= 0.3 is 0 Å². The Balaban J connectivity index is 2.26. The minimum absolute atomic E-state index is 0.0721. The van der Waals surface area contributed by atoms with E-state index in [2.05, 4.69) is 0 Å². The van der Waals surface area contributed by atoms with Crippen LogP contribution in [0.25, 0.3) is 0 Å². The number of hydrogen-bond acceptors (Lipinski definition) is 3. The number of primary amides is 1. The number of carbonyl (C=O) groups excluding carboxylic acids is 1. The second-order valence-electron chi connectivity index (χ2n) is 5.31. The zero-order valence-electron chi connectivity index (χ0n) is 11.0. The Kier molecular flexibility index (Phi) is 4.60. The van der Waals surface area contributed by atoms with Gasteiger partial charge in [-0.3, -0.25) is 14.9 Å². The first kappa shape index (κ1) is 14.8. The normalized spacial score (nSPS) is 17.1. The summed E-state index contributed by atoms with van der Waals surface area (Å²) in [5, 5.41) is 11.0. The molecular weight excluding hydrogens is 280 g/mol. The molecule has 2 N–H and O–H groups in total. The zero-order valence-corrected chi connectivity index (χ0v) is 11.8. The molecule has 0 aliphatic heterocycles. The van der Waals surface area contributed by atoms with Gasteiger partial charge in [0.2, 0.25) is 5.91 Å². The van der Waals surface area contributed by atoms with Crippen LogP contribution in [0.3, 0.4) is 0 Å². The highest BCUT2D eigenvalue weighted by molar-refractivity contribution is 6.32. The molecule has 1 saturated carbocycles. The number of carbonyl (C=O) groups is 1. The average molecular weight is 297 g/mol. The number of nitrogens with zero attached hydrogens (tertiary/aromatic N) is 1. The van der Waals surface area contributed by atoms with Gasteiger partial charge in [0.15, 0.2) is 0 Å². The molecule has 1 fully saturated rings. The van der Waals surface area contributed by atoms with Crippen molar-refractivity contribution in [3.63, 3.8) is 0 Å².